The summed E-state index contributed by atoms with van der Waals surface area (Å²) in [6.07, 6.45) is 5.58. The van der Waals surface area contributed by atoms with Crippen molar-refractivity contribution < 1.29 is 4.39 Å². The number of halogens is 2. The molecule has 0 aliphatic carbocycles. The van der Waals surface area contributed by atoms with E-state index in [1.54, 1.807) is 6.07 Å². The first-order chi connectivity index (χ1) is 10.1. The van der Waals surface area contributed by atoms with Gasteiger partial charge < -0.3 is 9.88 Å². The molecule has 1 unspecified atom stereocenters. The fourth-order valence-electron chi connectivity index (χ4n) is 2.40. The Morgan fingerprint density at radius 2 is 2.14 bits per heavy atom. The third kappa shape index (κ3) is 4.38. The number of nitrogens with one attached hydrogen (secondary N) is 1. The summed E-state index contributed by atoms with van der Waals surface area (Å²) < 4.78 is 16.5. The number of nitrogens with zero attached hydrogens (tertiary/aromatic N) is 2. The van der Waals surface area contributed by atoms with E-state index in [1.165, 1.54) is 6.07 Å². The first-order valence-corrected chi connectivity index (χ1v) is 8.12. The number of hydrogen-bond acceptors (Lipinski definition) is 2. The fourth-order valence-corrected chi connectivity index (χ4v) is 2.89. The Bertz CT molecular complexity index is 562. The summed E-state index contributed by atoms with van der Waals surface area (Å²) >= 11 is 3.37. The van der Waals surface area contributed by atoms with Crippen LogP contribution in [0.1, 0.15) is 37.7 Å². The maximum Gasteiger partial charge on any atom is 0.124 e. The molecule has 0 fully saturated rings. The summed E-state index contributed by atoms with van der Waals surface area (Å²) in [5.74, 6) is 0.799. The summed E-state index contributed by atoms with van der Waals surface area (Å²) in [5, 5.41) is 3.49. The topological polar surface area (TPSA) is 29.9 Å². The second-order valence-electron chi connectivity index (χ2n) is 5.04. The average molecular weight is 354 g/mol. The third-order valence-corrected chi connectivity index (χ3v) is 3.91. The van der Waals surface area contributed by atoms with Crippen LogP contribution in [0.2, 0.25) is 0 Å². The summed E-state index contributed by atoms with van der Waals surface area (Å²) in [4.78, 5) is 4.42. The van der Waals surface area contributed by atoms with Gasteiger partial charge in [0, 0.05) is 35.9 Å². The van der Waals surface area contributed by atoms with Gasteiger partial charge in [-0.15, -0.1) is 0 Å². The molecule has 1 aromatic heterocycles. The van der Waals surface area contributed by atoms with E-state index in [0.29, 0.717) is 0 Å². The van der Waals surface area contributed by atoms with Gasteiger partial charge in [0.1, 0.15) is 11.6 Å². The molecule has 0 saturated carbocycles. The molecule has 5 heteroatoms. The minimum absolute atomic E-state index is 0.0599. The molecular weight excluding hydrogens is 333 g/mol. The lowest BCUT2D eigenvalue weighted by Crippen LogP contribution is -2.25. The Labute approximate surface area is 133 Å². The first kappa shape index (κ1) is 16.2. The predicted octanol–water partition coefficient (Wildman–Crippen LogP) is 4.09. The monoisotopic (exact) mass is 353 g/mol. The van der Waals surface area contributed by atoms with Gasteiger partial charge >= 0.3 is 0 Å². The van der Waals surface area contributed by atoms with Crippen LogP contribution < -0.4 is 5.32 Å². The summed E-state index contributed by atoms with van der Waals surface area (Å²) in [7, 11) is 0. The number of aromatic nitrogens is 2. The lowest BCUT2D eigenvalue weighted by molar-refractivity contribution is 0.502. The van der Waals surface area contributed by atoms with Crippen molar-refractivity contribution in [3.8, 4) is 0 Å². The molecule has 2 aromatic rings. The van der Waals surface area contributed by atoms with Crippen molar-refractivity contribution in [2.45, 2.75) is 39.3 Å². The Balaban J connectivity index is 2.25. The van der Waals surface area contributed by atoms with Crippen LogP contribution in [0.25, 0.3) is 0 Å². The lowest BCUT2D eigenvalue weighted by atomic mass is 10.0. The fraction of sp³-hybridized carbons (Fsp3) is 0.438. The van der Waals surface area contributed by atoms with Gasteiger partial charge in [-0.25, -0.2) is 9.37 Å². The molecular formula is C16H21BrFN3. The molecule has 21 heavy (non-hydrogen) atoms. The Morgan fingerprint density at radius 3 is 2.81 bits per heavy atom. The average Bonchev–Trinajstić information content (AvgIpc) is 2.89. The van der Waals surface area contributed by atoms with E-state index in [9.17, 15) is 4.39 Å². The standard InChI is InChI=1S/C16H21BrFN3/c1-3-5-19-15(11-16-20-6-7-21(16)4-2)12-8-13(17)10-14(18)9-12/h6-10,15,19H,3-5,11H2,1-2H3. The van der Waals surface area contributed by atoms with Crippen molar-refractivity contribution >= 4 is 15.9 Å². The van der Waals surface area contributed by atoms with E-state index in [1.807, 2.05) is 18.5 Å². The Hall–Kier alpha value is -1.20. The van der Waals surface area contributed by atoms with E-state index in [0.717, 1.165) is 41.8 Å². The van der Waals surface area contributed by atoms with Crippen LogP contribution in [0.4, 0.5) is 4.39 Å². The molecule has 2 rings (SSSR count). The summed E-state index contributed by atoms with van der Waals surface area (Å²) in [6.45, 7) is 6.01. The molecule has 3 nitrogen and oxygen atoms in total. The molecule has 1 heterocycles. The Morgan fingerprint density at radius 1 is 1.33 bits per heavy atom. The first-order valence-electron chi connectivity index (χ1n) is 7.33. The normalized spacial score (nSPS) is 12.6. The van der Waals surface area contributed by atoms with Gasteiger partial charge in [-0.2, -0.15) is 0 Å². The zero-order valence-electron chi connectivity index (χ0n) is 12.4. The highest BCUT2D eigenvalue weighted by Crippen LogP contribution is 2.23. The van der Waals surface area contributed by atoms with Crippen molar-refractivity contribution in [1.82, 2.24) is 14.9 Å². The lowest BCUT2D eigenvalue weighted by Gasteiger charge is -2.19. The largest absolute Gasteiger partial charge is 0.335 e. The molecule has 1 atom stereocenters. The second kappa shape index (κ2) is 7.71. The van der Waals surface area contributed by atoms with E-state index >= 15 is 0 Å². The van der Waals surface area contributed by atoms with Gasteiger partial charge in [-0.05, 0) is 43.7 Å². The molecule has 114 valence electrons. The van der Waals surface area contributed by atoms with Gasteiger partial charge in [0.05, 0.1) is 0 Å². The van der Waals surface area contributed by atoms with Crippen molar-refractivity contribution in [3.05, 3.63) is 52.3 Å². The third-order valence-electron chi connectivity index (χ3n) is 3.46. The number of hydrogen-bond donors (Lipinski definition) is 1. The number of aryl methyl sites for hydroxylation is 1. The number of imidazole rings is 1. The van der Waals surface area contributed by atoms with Gasteiger partial charge in [0.2, 0.25) is 0 Å². The predicted molar refractivity (Wildman–Crippen MR) is 86.7 cm³/mol. The van der Waals surface area contributed by atoms with Crippen LogP contribution in [0.3, 0.4) is 0 Å². The number of benzene rings is 1. The van der Waals surface area contributed by atoms with E-state index in [4.69, 9.17) is 0 Å². The smallest absolute Gasteiger partial charge is 0.124 e. The molecule has 1 aromatic carbocycles. The van der Waals surface area contributed by atoms with Crippen molar-refractivity contribution in [3.63, 3.8) is 0 Å². The van der Waals surface area contributed by atoms with E-state index in [2.05, 4.69) is 44.6 Å². The van der Waals surface area contributed by atoms with Crippen LogP contribution >= 0.6 is 15.9 Å². The molecule has 0 aliphatic heterocycles. The van der Waals surface area contributed by atoms with Crippen LogP contribution in [-0.4, -0.2) is 16.1 Å². The summed E-state index contributed by atoms with van der Waals surface area (Å²) in [5.41, 5.74) is 0.945. The highest BCUT2D eigenvalue weighted by molar-refractivity contribution is 9.10. The molecule has 0 saturated heterocycles. The molecule has 1 N–H and O–H groups in total. The minimum Gasteiger partial charge on any atom is -0.335 e. The van der Waals surface area contributed by atoms with E-state index < -0.39 is 0 Å². The molecule has 0 spiro atoms. The molecule has 0 radical (unpaired) electrons. The van der Waals surface area contributed by atoms with Gasteiger partial charge in [-0.1, -0.05) is 22.9 Å². The zero-order valence-corrected chi connectivity index (χ0v) is 14.0. The van der Waals surface area contributed by atoms with Crippen LogP contribution in [0.5, 0.6) is 0 Å². The quantitative estimate of drug-likeness (QED) is 0.812. The Kier molecular flexibility index (Phi) is 5.94. The van der Waals surface area contributed by atoms with Gasteiger partial charge in [0.15, 0.2) is 0 Å². The highest BCUT2D eigenvalue weighted by atomic mass is 79.9. The van der Waals surface area contributed by atoms with Crippen LogP contribution in [0, 0.1) is 5.82 Å². The maximum absolute atomic E-state index is 13.7. The summed E-state index contributed by atoms with van der Waals surface area (Å²) in [6, 6.07) is 5.10. The van der Waals surface area contributed by atoms with Gasteiger partial charge in [-0.3, -0.25) is 0 Å². The van der Waals surface area contributed by atoms with Crippen molar-refractivity contribution in [1.29, 1.82) is 0 Å². The van der Waals surface area contributed by atoms with E-state index in [-0.39, 0.29) is 11.9 Å². The molecule has 0 aliphatic rings. The van der Waals surface area contributed by atoms with Crippen molar-refractivity contribution in [2.24, 2.45) is 0 Å². The van der Waals surface area contributed by atoms with Crippen LogP contribution in [0.15, 0.2) is 35.1 Å². The zero-order chi connectivity index (χ0) is 15.2. The van der Waals surface area contributed by atoms with Crippen molar-refractivity contribution in [2.75, 3.05) is 6.54 Å². The SMILES string of the molecule is CCCNC(Cc1nccn1CC)c1cc(F)cc(Br)c1. The number of rotatable bonds is 7. The van der Waals surface area contributed by atoms with Crippen LogP contribution in [-0.2, 0) is 13.0 Å². The minimum atomic E-state index is -0.221. The maximum atomic E-state index is 13.7. The molecule has 0 amide bonds. The highest BCUT2D eigenvalue weighted by Gasteiger charge is 2.16. The van der Waals surface area contributed by atoms with Gasteiger partial charge in [0.25, 0.3) is 0 Å². The second-order valence-corrected chi connectivity index (χ2v) is 5.96. The molecule has 0 bridgehead atoms.